The second-order valence-electron chi connectivity index (χ2n) is 5.96. The SMILES string of the molecule is CC(c1cnc(OCC(F)(F)F)c(F)c1)N(C(=O)O)C(C)(C)C. The maximum Gasteiger partial charge on any atom is 0.422 e. The first-order valence-electron chi connectivity index (χ1n) is 6.70. The van der Waals surface area contributed by atoms with Gasteiger partial charge in [0.2, 0.25) is 0 Å². The van der Waals surface area contributed by atoms with E-state index in [0.717, 1.165) is 17.2 Å². The fraction of sp³-hybridized carbons (Fsp3) is 0.571. The third kappa shape index (κ3) is 5.26. The number of amides is 1. The summed E-state index contributed by atoms with van der Waals surface area (Å²) >= 11 is 0. The number of halogens is 4. The summed E-state index contributed by atoms with van der Waals surface area (Å²) in [6.45, 7) is 4.88. The Morgan fingerprint density at radius 3 is 2.35 bits per heavy atom. The molecule has 1 aromatic rings. The van der Waals surface area contributed by atoms with E-state index in [4.69, 9.17) is 0 Å². The molecule has 0 radical (unpaired) electrons. The molecule has 5 nitrogen and oxygen atoms in total. The Morgan fingerprint density at radius 1 is 1.39 bits per heavy atom. The molecule has 1 atom stereocenters. The summed E-state index contributed by atoms with van der Waals surface area (Å²) in [5, 5.41) is 9.30. The van der Waals surface area contributed by atoms with Crippen LogP contribution in [-0.2, 0) is 0 Å². The Labute approximate surface area is 130 Å². The third-order valence-corrected chi connectivity index (χ3v) is 3.00. The predicted octanol–water partition coefficient (Wildman–Crippen LogP) is 4.00. The van der Waals surface area contributed by atoms with E-state index in [1.165, 1.54) is 6.92 Å². The van der Waals surface area contributed by atoms with Gasteiger partial charge in [-0.2, -0.15) is 13.2 Å². The van der Waals surface area contributed by atoms with Gasteiger partial charge in [0.05, 0.1) is 6.04 Å². The summed E-state index contributed by atoms with van der Waals surface area (Å²) in [7, 11) is 0. The summed E-state index contributed by atoms with van der Waals surface area (Å²) < 4.78 is 54.3. The molecule has 1 rings (SSSR count). The molecule has 130 valence electrons. The van der Waals surface area contributed by atoms with E-state index in [-0.39, 0.29) is 5.56 Å². The van der Waals surface area contributed by atoms with Crippen molar-refractivity contribution in [3.8, 4) is 5.88 Å². The number of nitrogens with zero attached hydrogens (tertiary/aromatic N) is 2. The van der Waals surface area contributed by atoms with Gasteiger partial charge in [-0.1, -0.05) is 0 Å². The standard InChI is InChI=1S/C14H18F4N2O3/c1-8(20(12(21)22)13(2,3)4)9-5-10(15)11(19-6-9)23-7-14(16,17)18/h5-6,8H,7H2,1-4H3,(H,21,22). The molecule has 0 spiro atoms. The Bertz CT molecular complexity index is 570. The van der Waals surface area contributed by atoms with Gasteiger partial charge in [-0.15, -0.1) is 0 Å². The van der Waals surface area contributed by atoms with Gasteiger partial charge < -0.3 is 9.84 Å². The van der Waals surface area contributed by atoms with Crippen LogP contribution in [-0.4, -0.2) is 39.4 Å². The zero-order chi connectivity index (χ0) is 18.0. The summed E-state index contributed by atoms with van der Waals surface area (Å²) in [6, 6.07) is 0.177. The van der Waals surface area contributed by atoms with E-state index < -0.39 is 42.2 Å². The summed E-state index contributed by atoms with van der Waals surface area (Å²) in [5.74, 6) is -1.87. The van der Waals surface area contributed by atoms with Gasteiger partial charge in [0.25, 0.3) is 5.88 Å². The highest BCUT2D eigenvalue weighted by atomic mass is 19.4. The highest BCUT2D eigenvalue weighted by molar-refractivity contribution is 5.66. The number of alkyl halides is 3. The highest BCUT2D eigenvalue weighted by Crippen LogP contribution is 2.29. The van der Waals surface area contributed by atoms with Crippen molar-refractivity contribution in [2.45, 2.75) is 45.5 Å². The molecule has 1 unspecified atom stereocenters. The first-order chi connectivity index (χ1) is 10.3. The lowest BCUT2D eigenvalue weighted by Crippen LogP contribution is -2.46. The van der Waals surface area contributed by atoms with Crippen LogP contribution in [0.4, 0.5) is 22.4 Å². The molecule has 0 saturated carbocycles. The molecule has 0 bridgehead atoms. The number of ether oxygens (including phenoxy) is 1. The van der Waals surface area contributed by atoms with Crippen LogP contribution in [0.1, 0.15) is 39.3 Å². The van der Waals surface area contributed by atoms with Crippen LogP contribution in [0, 0.1) is 5.82 Å². The van der Waals surface area contributed by atoms with Gasteiger partial charge >= 0.3 is 12.3 Å². The minimum absolute atomic E-state index is 0.208. The number of carbonyl (C=O) groups is 1. The van der Waals surface area contributed by atoms with Crippen molar-refractivity contribution >= 4 is 6.09 Å². The monoisotopic (exact) mass is 338 g/mol. The Balaban J connectivity index is 3.02. The summed E-state index contributed by atoms with van der Waals surface area (Å²) in [5.41, 5.74) is -0.549. The van der Waals surface area contributed by atoms with Crippen molar-refractivity contribution in [3.05, 3.63) is 23.6 Å². The number of rotatable bonds is 4. The van der Waals surface area contributed by atoms with Crippen LogP contribution in [0.25, 0.3) is 0 Å². The number of hydrogen-bond donors (Lipinski definition) is 1. The third-order valence-electron chi connectivity index (χ3n) is 3.00. The van der Waals surface area contributed by atoms with Crippen LogP contribution < -0.4 is 4.74 Å². The fourth-order valence-electron chi connectivity index (χ4n) is 2.11. The quantitative estimate of drug-likeness (QED) is 0.843. The molecule has 23 heavy (non-hydrogen) atoms. The minimum atomic E-state index is -4.60. The second-order valence-corrected chi connectivity index (χ2v) is 5.96. The predicted molar refractivity (Wildman–Crippen MR) is 73.8 cm³/mol. The van der Waals surface area contributed by atoms with Crippen molar-refractivity contribution < 1.29 is 32.2 Å². The molecule has 1 amide bonds. The molecule has 1 aromatic heterocycles. The molecular formula is C14H18F4N2O3. The normalized spacial score (nSPS) is 13.6. The second kappa shape index (κ2) is 6.59. The number of pyridine rings is 1. The van der Waals surface area contributed by atoms with E-state index in [1.54, 1.807) is 20.8 Å². The van der Waals surface area contributed by atoms with E-state index >= 15 is 0 Å². The number of carboxylic acid groups (broad SMARTS) is 1. The lowest BCUT2D eigenvalue weighted by atomic mass is 10.0. The molecule has 1 heterocycles. The van der Waals surface area contributed by atoms with E-state index in [0.29, 0.717) is 0 Å². The first kappa shape index (κ1) is 19.0. The van der Waals surface area contributed by atoms with Crippen molar-refractivity contribution in [3.63, 3.8) is 0 Å². The zero-order valence-corrected chi connectivity index (χ0v) is 13.1. The number of hydrogen-bond acceptors (Lipinski definition) is 3. The molecule has 0 saturated heterocycles. The highest BCUT2D eigenvalue weighted by Gasteiger charge is 2.33. The lowest BCUT2D eigenvalue weighted by molar-refractivity contribution is -0.154. The van der Waals surface area contributed by atoms with Crippen molar-refractivity contribution in [1.29, 1.82) is 0 Å². The zero-order valence-electron chi connectivity index (χ0n) is 13.1. The van der Waals surface area contributed by atoms with Crippen LogP contribution >= 0.6 is 0 Å². The molecule has 1 N–H and O–H groups in total. The molecule has 0 aliphatic rings. The van der Waals surface area contributed by atoms with Gasteiger partial charge in [-0.25, -0.2) is 14.2 Å². The molecule has 9 heteroatoms. The van der Waals surface area contributed by atoms with E-state index in [9.17, 15) is 27.5 Å². The largest absolute Gasteiger partial charge is 0.466 e. The molecule has 0 aliphatic heterocycles. The molecular weight excluding hydrogens is 320 g/mol. The average molecular weight is 338 g/mol. The Morgan fingerprint density at radius 2 is 1.96 bits per heavy atom. The van der Waals surface area contributed by atoms with Crippen molar-refractivity contribution in [2.24, 2.45) is 0 Å². The maximum atomic E-state index is 13.8. The summed E-state index contributed by atoms with van der Waals surface area (Å²) in [6.07, 6.45) is -4.71. The first-order valence-corrected chi connectivity index (χ1v) is 6.70. The maximum absolute atomic E-state index is 13.8. The minimum Gasteiger partial charge on any atom is -0.466 e. The topological polar surface area (TPSA) is 62.7 Å². The van der Waals surface area contributed by atoms with Crippen LogP contribution in [0.3, 0.4) is 0 Å². The van der Waals surface area contributed by atoms with Gasteiger partial charge in [-0.05, 0) is 39.3 Å². The van der Waals surface area contributed by atoms with Crippen LogP contribution in [0.5, 0.6) is 5.88 Å². The van der Waals surface area contributed by atoms with Crippen LogP contribution in [0.2, 0.25) is 0 Å². The fourth-order valence-corrected chi connectivity index (χ4v) is 2.11. The molecule has 0 fully saturated rings. The van der Waals surface area contributed by atoms with Crippen molar-refractivity contribution in [2.75, 3.05) is 6.61 Å². The van der Waals surface area contributed by atoms with Gasteiger partial charge in [-0.3, -0.25) is 4.90 Å². The van der Waals surface area contributed by atoms with Crippen LogP contribution in [0.15, 0.2) is 12.3 Å². The Kier molecular flexibility index (Phi) is 5.44. The van der Waals surface area contributed by atoms with Crippen molar-refractivity contribution in [1.82, 2.24) is 9.88 Å². The molecule has 0 aliphatic carbocycles. The lowest BCUT2D eigenvalue weighted by Gasteiger charge is -2.38. The van der Waals surface area contributed by atoms with Gasteiger partial charge in [0.15, 0.2) is 12.4 Å². The van der Waals surface area contributed by atoms with Gasteiger partial charge in [0.1, 0.15) is 0 Å². The number of aromatic nitrogens is 1. The Hall–Kier alpha value is -2.06. The smallest absolute Gasteiger partial charge is 0.422 e. The van der Waals surface area contributed by atoms with Gasteiger partial charge in [0, 0.05) is 11.7 Å². The van der Waals surface area contributed by atoms with E-state index in [1.807, 2.05) is 0 Å². The average Bonchev–Trinajstić information content (AvgIpc) is 2.33. The molecule has 0 aromatic carbocycles. The van der Waals surface area contributed by atoms with E-state index in [2.05, 4.69) is 9.72 Å². The summed E-state index contributed by atoms with van der Waals surface area (Å²) in [4.78, 5) is 16.0.